The molecule has 0 amide bonds. The van der Waals surface area contributed by atoms with E-state index >= 15 is 0 Å². The molecular formula is C16H27NO. The molecule has 1 aromatic rings. The Morgan fingerprint density at radius 2 is 1.39 bits per heavy atom. The highest BCUT2D eigenvalue weighted by Crippen LogP contribution is 2.34. The quantitative estimate of drug-likeness (QED) is 0.596. The van der Waals surface area contributed by atoms with Gasteiger partial charge in [-0.15, -0.1) is 0 Å². The fourth-order valence-corrected chi connectivity index (χ4v) is 2.23. The van der Waals surface area contributed by atoms with Gasteiger partial charge in [0.05, 0.1) is 6.61 Å². The zero-order valence-corrected chi connectivity index (χ0v) is 12.5. The Hall–Kier alpha value is -1.18. The fourth-order valence-electron chi connectivity index (χ4n) is 2.23. The molecule has 0 radical (unpaired) electrons. The highest BCUT2D eigenvalue weighted by molar-refractivity contribution is 5.64. The van der Waals surface area contributed by atoms with Gasteiger partial charge in [-0.2, -0.15) is 0 Å². The first-order valence-corrected chi connectivity index (χ1v) is 6.99. The highest BCUT2D eigenvalue weighted by Gasteiger charge is 2.13. The molecule has 0 atom stereocenters. The largest absolute Gasteiger partial charge is 0.493 e. The summed E-state index contributed by atoms with van der Waals surface area (Å²) in [6.07, 6.45) is 4.94. The van der Waals surface area contributed by atoms with Crippen LogP contribution in [0.1, 0.15) is 54.9 Å². The Bertz CT molecular complexity index is 381. The first-order chi connectivity index (χ1) is 8.50. The molecule has 102 valence electrons. The molecule has 1 rings (SSSR count). The molecule has 0 spiro atoms. The third kappa shape index (κ3) is 3.18. The van der Waals surface area contributed by atoms with Crippen LogP contribution in [0.4, 0.5) is 5.69 Å². The number of hydrogen-bond acceptors (Lipinski definition) is 2. The predicted octanol–water partition coefficient (Wildman–Crippen LogP) is 4.46. The number of rotatable bonds is 6. The summed E-state index contributed by atoms with van der Waals surface area (Å²) < 4.78 is 5.98. The average Bonchev–Trinajstić information content (AvgIpc) is 2.37. The van der Waals surface area contributed by atoms with Gasteiger partial charge in [-0.3, -0.25) is 0 Å². The van der Waals surface area contributed by atoms with Crippen LogP contribution in [0.5, 0.6) is 5.75 Å². The molecule has 2 heteroatoms. The summed E-state index contributed by atoms with van der Waals surface area (Å²) in [5.74, 6) is 1.04. The van der Waals surface area contributed by atoms with E-state index in [-0.39, 0.29) is 0 Å². The van der Waals surface area contributed by atoms with Crippen LogP contribution in [0.25, 0.3) is 0 Å². The van der Waals surface area contributed by atoms with Crippen molar-refractivity contribution in [2.24, 2.45) is 0 Å². The van der Waals surface area contributed by atoms with Crippen LogP contribution >= 0.6 is 0 Å². The molecule has 0 bridgehead atoms. The van der Waals surface area contributed by atoms with Crippen LogP contribution in [0.3, 0.4) is 0 Å². The van der Waals surface area contributed by atoms with Gasteiger partial charge in [0.1, 0.15) is 5.75 Å². The maximum absolute atomic E-state index is 6.09. The Morgan fingerprint density at radius 3 is 1.89 bits per heavy atom. The van der Waals surface area contributed by atoms with E-state index in [2.05, 4.69) is 34.6 Å². The van der Waals surface area contributed by atoms with Crippen molar-refractivity contribution in [3.05, 3.63) is 22.3 Å². The zero-order valence-electron chi connectivity index (χ0n) is 12.5. The Balaban J connectivity index is 2.77. The smallest absolute Gasteiger partial charge is 0.125 e. The predicted molar refractivity (Wildman–Crippen MR) is 79.4 cm³/mol. The van der Waals surface area contributed by atoms with Crippen molar-refractivity contribution in [2.75, 3.05) is 12.3 Å². The van der Waals surface area contributed by atoms with E-state index in [1.165, 1.54) is 30.4 Å². The summed E-state index contributed by atoms with van der Waals surface area (Å²) >= 11 is 0. The van der Waals surface area contributed by atoms with Gasteiger partial charge in [0.2, 0.25) is 0 Å². The normalized spacial score (nSPS) is 10.7. The molecule has 0 aliphatic carbocycles. The molecule has 1 aromatic carbocycles. The fraction of sp³-hybridized carbons (Fsp3) is 0.625. The lowest BCUT2D eigenvalue weighted by atomic mass is 9.97. The van der Waals surface area contributed by atoms with Crippen molar-refractivity contribution in [2.45, 2.75) is 60.3 Å². The SMILES string of the molecule is CCCCCCOc1c(C)c(C)c(N)c(C)c1C. The van der Waals surface area contributed by atoms with Crippen molar-refractivity contribution in [3.63, 3.8) is 0 Å². The summed E-state index contributed by atoms with van der Waals surface area (Å²) in [6, 6.07) is 0. The number of nitrogen functional groups attached to an aromatic ring is 1. The highest BCUT2D eigenvalue weighted by atomic mass is 16.5. The van der Waals surface area contributed by atoms with Crippen LogP contribution in [-0.2, 0) is 0 Å². The first kappa shape index (κ1) is 14.9. The van der Waals surface area contributed by atoms with Gasteiger partial charge < -0.3 is 10.5 Å². The van der Waals surface area contributed by atoms with Gasteiger partial charge in [-0.25, -0.2) is 0 Å². The van der Waals surface area contributed by atoms with Gasteiger partial charge in [-0.1, -0.05) is 26.2 Å². The van der Waals surface area contributed by atoms with Crippen molar-refractivity contribution >= 4 is 5.69 Å². The second-order valence-corrected chi connectivity index (χ2v) is 5.15. The summed E-state index contributed by atoms with van der Waals surface area (Å²) in [5.41, 5.74) is 11.7. The molecule has 0 saturated carbocycles. The minimum atomic E-state index is 0.810. The molecular weight excluding hydrogens is 222 g/mol. The van der Waals surface area contributed by atoms with E-state index in [1.54, 1.807) is 0 Å². The van der Waals surface area contributed by atoms with E-state index < -0.39 is 0 Å². The van der Waals surface area contributed by atoms with Crippen molar-refractivity contribution in [1.29, 1.82) is 0 Å². The minimum Gasteiger partial charge on any atom is -0.493 e. The molecule has 0 heterocycles. The standard InChI is InChI=1S/C16H27NO/c1-6-7-8-9-10-18-16-13(4)11(2)15(17)12(3)14(16)5/h6-10,17H2,1-5H3. The van der Waals surface area contributed by atoms with Gasteiger partial charge in [-0.05, 0) is 56.4 Å². The van der Waals surface area contributed by atoms with Crippen LogP contribution in [0.15, 0.2) is 0 Å². The maximum Gasteiger partial charge on any atom is 0.125 e. The molecule has 0 aliphatic heterocycles. The van der Waals surface area contributed by atoms with Crippen molar-refractivity contribution in [1.82, 2.24) is 0 Å². The Morgan fingerprint density at radius 1 is 0.833 bits per heavy atom. The second-order valence-electron chi connectivity index (χ2n) is 5.15. The lowest BCUT2D eigenvalue weighted by Crippen LogP contribution is -2.06. The maximum atomic E-state index is 6.09. The van der Waals surface area contributed by atoms with Crippen LogP contribution in [0.2, 0.25) is 0 Å². The van der Waals surface area contributed by atoms with Crippen LogP contribution in [-0.4, -0.2) is 6.61 Å². The van der Waals surface area contributed by atoms with E-state index in [9.17, 15) is 0 Å². The number of anilines is 1. The molecule has 0 unspecified atom stereocenters. The van der Waals surface area contributed by atoms with Crippen LogP contribution in [0, 0.1) is 27.7 Å². The zero-order chi connectivity index (χ0) is 13.7. The molecule has 0 aliphatic rings. The molecule has 18 heavy (non-hydrogen) atoms. The number of unbranched alkanes of at least 4 members (excludes halogenated alkanes) is 3. The molecule has 0 saturated heterocycles. The van der Waals surface area contributed by atoms with Crippen molar-refractivity contribution in [3.8, 4) is 5.75 Å². The molecule has 2 nitrogen and oxygen atoms in total. The topological polar surface area (TPSA) is 35.2 Å². The van der Waals surface area contributed by atoms with Gasteiger partial charge in [0, 0.05) is 5.69 Å². The number of ether oxygens (including phenoxy) is 1. The summed E-state index contributed by atoms with van der Waals surface area (Å²) in [7, 11) is 0. The molecule has 2 N–H and O–H groups in total. The van der Waals surface area contributed by atoms with E-state index in [1.807, 2.05) is 0 Å². The third-order valence-corrected chi connectivity index (χ3v) is 3.86. The lowest BCUT2D eigenvalue weighted by molar-refractivity contribution is 0.301. The summed E-state index contributed by atoms with van der Waals surface area (Å²) in [6.45, 7) is 11.4. The summed E-state index contributed by atoms with van der Waals surface area (Å²) in [5, 5.41) is 0. The van der Waals surface area contributed by atoms with E-state index in [4.69, 9.17) is 10.5 Å². The van der Waals surface area contributed by atoms with E-state index in [0.29, 0.717) is 0 Å². The minimum absolute atomic E-state index is 0.810. The summed E-state index contributed by atoms with van der Waals surface area (Å²) in [4.78, 5) is 0. The first-order valence-electron chi connectivity index (χ1n) is 6.99. The third-order valence-electron chi connectivity index (χ3n) is 3.86. The number of hydrogen-bond donors (Lipinski definition) is 1. The molecule has 0 fully saturated rings. The Labute approximate surface area is 112 Å². The molecule has 0 aromatic heterocycles. The number of benzene rings is 1. The van der Waals surface area contributed by atoms with Gasteiger partial charge in [0.15, 0.2) is 0 Å². The lowest BCUT2D eigenvalue weighted by Gasteiger charge is -2.18. The monoisotopic (exact) mass is 249 g/mol. The van der Waals surface area contributed by atoms with Gasteiger partial charge in [0.25, 0.3) is 0 Å². The Kier molecular flexibility index (Phi) is 5.52. The van der Waals surface area contributed by atoms with Crippen LogP contribution < -0.4 is 10.5 Å². The van der Waals surface area contributed by atoms with Crippen molar-refractivity contribution < 1.29 is 4.74 Å². The van der Waals surface area contributed by atoms with Gasteiger partial charge >= 0.3 is 0 Å². The average molecular weight is 249 g/mol. The number of nitrogens with two attached hydrogens (primary N) is 1. The van der Waals surface area contributed by atoms with E-state index in [0.717, 1.165) is 35.6 Å². The second kappa shape index (κ2) is 6.67.